The Kier molecular flexibility index (Phi) is 3.71. The number of hydrogen-bond donors (Lipinski definition) is 1. The van der Waals surface area contributed by atoms with Crippen molar-refractivity contribution in [3.05, 3.63) is 16.5 Å². The maximum absolute atomic E-state index is 11.3. The number of hydrogen-bond acceptors (Lipinski definition) is 3. The van der Waals surface area contributed by atoms with Crippen molar-refractivity contribution in [2.75, 3.05) is 18.6 Å². The second-order valence-corrected chi connectivity index (χ2v) is 4.20. The van der Waals surface area contributed by atoms with Gasteiger partial charge < -0.3 is 10.0 Å². The van der Waals surface area contributed by atoms with Crippen molar-refractivity contribution in [1.29, 1.82) is 0 Å². The van der Waals surface area contributed by atoms with Crippen LogP contribution in [0.25, 0.3) is 0 Å². The largest absolute Gasteiger partial charge is 0.396 e. The fourth-order valence-corrected chi connectivity index (χ4v) is 1.88. The first-order chi connectivity index (χ1) is 6.15. The molecule has 13 heavy (non-hydrogen) atoms. The molecule has 1 aromatic rings. The van der Waals surface area contributed by atoms with Crippen molar-refractivity contribution < 1.29 is 9.90 Å². The molecule has 1 amide bonds. The maximum atomic E-state index is 11.3. The highest BCUT2D eigenvalue weighted by Crippen LogP contribution is 2.28. The molecule has 3 nitrogen and oxygen atoms in total. The normalized spacial score (nSPS) is 10.1. The van der Waals surface area contributed by atoms with Crippen LogP contribution in [0.2, 0.25) is 4.34 Å². The summed E-state index contributed by atoms with van der Waals surface area (Å²) < 4.78 is 0.652. The van der Waals surface area contributed by atoms with E-state index in [2.05, 4.69) is 0 Å². The van der Waals surface area contributed by atoms with Gasteiger partial charge in [-0.15, -0.1) is 11.3 Å². The van der Waals surface area contributed by atoms with Gasteiger partial charge in [-0.1, -0.05) is 11.6 Å². The topological polar surface area (TPSA) is 40.5 Å². The van der Waals surface area contributed by atoms with Gasteiger partial charge in [-0.25, -0.2) is 0 Å². The predicted molar refractivity (Wildman–Crippen MR) is 54.4 cm³/mol. The van der Waals surface area contributed by atoms with Crippen LogP contribution >= 0.6 is 22.9 Å². The van der Waals surface area contributed by atoms with Crippen LogP contribution in [0.5, 0.6) is 0 Å². The van der Waals surface area contributed by atoms with Crippen molar-refractivity contribution in [2.24, 2.45) is 0 Å². The molecule has 0 spiro atoms. The molecule has 0 bridgehead atoms. The first kappa shape index (κ1) is 10.5. The summed E-state index contributed by atoms with van der Waals surface area (Å²) in [6, 6.07) is 3.52. The van der Waals surface area contributed by atoms with E-state index in [-0.39, 0.29) is 18.9 Å². The molecule has 1 aromatic heterocycles. The predicted octanol–water partition coefficient (Wildman–Crippen LogP) is 1.75. The zero-order valence-electron chi connectivity index (χ0n) is 7.16. The third kappa shape index (κ3) is 2.69. The minimum atomic E-state index is -0.123. The summed E-state index contributed by atoms with van der Waals surface area (Å²) in [6.07, 6.45) is 0.145. The first-order valence-corrected chi connectivity index (χ1v) is 4.97. The minimum absolute atomic E-state index is 0.110. The molecule has 0 radical (unpaired) electrons. The highest BCUT2D eigenvalue weighted by Gasteiger charge is 2.11. The number of amides is 1. The summed E-state index contributed by atoms with van der Waals surface area (Å²) >= 11 is 7.06. The van der Waals surface area contributed by atoms with Crippen molar-refractivity contribution in [3.8, 4) is 0 Å². The van der Waals surface area contributed by atoms with Crippen molar-refractivity contribution in [1.82, 2.24) is 0 Å². The van der Waals surface area contributed by atoms with E-state index in [1.54, 1.807) is 19.2 Å². The average molecular weight is 220 g/mol. The average Bonchev–Trinajstić information content (AvgIpc) is 2.51. The number of aliphatic hydroxyl groups is 1. The Morgan fingerprint density at radius 1 is 1.69 bits per heavy atom. The Morgan fingerprint density at radius 2 is 2.38 bits per heavy atom. The Hall–Kier alpha value is -0.580. The second-order valence-electron chi connectivity index (χ2n) is 2.50. The number of aliphatic hydroxyl groups excluding tert-OH is 1. The lowest BCUT2D eigenvalue weighted by molar-refractivity contribution is -0.118. The SMILES string of the molecule is CN(C(=O)CCO)c1ccc(Cl)s1. The monoisotopic (exact) mass is 219 g/mol. The van der Waals surface area contributed by atoms with Crippen LogP contribution in [0.15, 0.2) is 12.1 Å². The van der Waals surface area contributed by atoms with E-state index in [9.17, 15) is 4.79 Å². The fraction of sp³-hybridized carbons (Fsp3) is 0.375. The van der Waals surface area contributed by atoms with Gasteiger partial charge in [0, 0.05) is 7.05 Å². The second kappa shape index (κ2) is 4.60. The van der Waals surface area contributed by atoms with E-state index < -0.39 is 0 Å². The molecule has 0 unspecified atom stereocenters. The van der Waals surface area contributed by atoms with Crippen molar-refractivity contribution in [3.63, 3.8) is 0 Å². The zero-order valence-corrected chi connectivity index (χ0v) is 8.73. The van der Waals surface area contributed by atoms with Gasteiger partial charge in [-0.05, 0) is 12.1 Å². The number of carbonyl (C=O) groups excluding carboxylic acids is 1. The molecule has 1 N–H and O–H groups in total. The van der Waals surface area contributed by atoms with Crippen LogP contribution in [-0.4, -0.2) is 24.7 Å². The van der Waals surface area contributed by atoms with Crippen LogP contribution in [0.3, 0.4) is 0 Å². The van der Waals surface area contributed by atoms with Gasteiger partial charge in [-0.3, -0.25) is 4.79 Å². The smallest absolute Gasteiger partial charge is 0.229 e. The lowest BCUT2D eigenvalue weighted by Gasteiger charge is -2.13. The Labute approximate surface area is 85.6 Å². The molecular weight excluding hydrogens is 210 g/mol. The van der Waals surface area contributed by atoms with Crippen LogP contribution < -0.4 is 4.90 Å². The summed E-state index contributed by atoms with van der Waals surface area (Å²) in [5.41, 5.74) is 0. The number of rotatable bonds is 3. The molecule has 0 atom stereocenters. The highest BCUT2D eigenvalue weighted by molar-refractivity contribution is 7.20. The van der Waals surface area contributed by atoms with Gasteiger partial charge in [0.15, 0.2) is 0 Å². The highest BCUT2D eigenvalue weighted by atomic mass is 35.5. The van der Waals surface area contributed by atoms with Gasteiger partial charge in [-0.2, -0.15) is 0 Å². The molecule has 0 aliphatic heterocycles. The minimum Gasteiger partial charge on any atom is -0.396 e. The molecule has 5 heteroatoms. The van der Waals surface area contributed by atoms with Gasteiger partial charge in [0.05, 0.1) is 22.4 Å². The van der Waals surface area contributed by atoms with Crippen LogP contribution in [0, 0.1) is 0 Å². The zero-order chi connectivity index (χ0) is 9.84. The molecule has 0 aliphatic carbocycles. The molecule has 72 valence electrons. The molecule has 1 rings (SSSR count). The van der Waals surface area contributed by atoms with Crippen LogP contribution in [-0.2, 0) is 4.79 Å². The lowest BCUT2D eigenvalue weighted by Crippen LogP contribution is -2.25. The maximum Gasteiger partial charge on any atom is 0.229 e. The number of anilines is 1. The van der Waals surface area contributed by atoms with Gasteiger partial charge in [0.2, 0.25) is 5.91 Å². The van der Waals surface area contributed by atoms with E-state index in [1.807, 2.05) is 0 Å². The van der Waals surface area contributed by atoms with Gasteiger partial charge >= 0.3 is 0 Å². The van der Waals surface area contributed by atoms with E-state index in [0.717, 1.165) is 5.00 Å². The van der Waals surface area contributed by atoms with E-state index in [0.29, 0.717) is 4.34 Å². The summed E-state index contributed by atoms with van der Waals surface area (Å²) in [4.78, 5) is 12.8. The molecule has 0 saturated carbocycles. The van der Waals surface area contributed by atoms with Gasteiger partial charge in [0.1, 0.15) is 0 Å². The number of nitrogens with zero attached hydrogens (tertiary/aromatic N) is 1. The van der Waals surface area contributed by atoms with E-state index >= 15 is 0 Å². The number of halogens is 1. The van der Waals surface area contributed by atoms with Crippen molar-refractivity contribution >= 4 is 33.8 Å². The number of thiophene rings is 1. The summed E-state index contributed by atoms with van der Waals surface area (Å²) in [6.45, 7) is -0.123. The lowest BCUT2D eigenvalue weighted by atomic mass is 10.4. The third-order valence-corrected chi connectivity index (χ3v) is 2.90. The molecule has 1 heterocycles. The standard InChI is InChI=1S/C8H10ClNO2S/c1-10(7(12)4-5-11)8-3-2-6(9)13-8/h2-3,11H,4-5H2,1H3. The Bertz CT molecular complexity index is 300. The summed E-state index contributed by atoms with van der Waals surface area (Å²) in [5, 5.41) is 9.36. The van der Waals surface area contributed by atoms with Crippen molar-refractivity contribution in [2.45, 2.75) is 6.42 Å². The Balaban J connectivity index is 2.67. The molecule has 0 aliphatic rings. The van der Waals surface area contributed by atoms with E-state index in [1.165, 1.54) is 16.2 Å². The molecule has 0 saturated heterocycles. The molecule has 0 aromatic carbocycles. The summed E-state index contributed by atoms with van der Waals surface area (Å²) in [5.74, 6) is -0.110. The van der Waals surface area contributed by atoms with Crippen LogP contribution in [0.4, 0.5) is 5.00 Å². The fourth-order valence-electron chi connectivity index (χ4n) is 0.871. The summed E-state index contributed by atoms with van der Waals surface area (Å²) in [7, 11) is 1.67. The van der Waals surface area contributed by atoms with Gasteiger partial charge in [0.25, 0.3) is 0 Å². The van der Waals surface area contributed by atoms with Crippen LogP contribution in [0.1, 0.15) is 6.42 Å². The molecule has 0 fully saturated rings. The Morgan fingerprint density at radius 3 is 2.85 bits per heavy atom. The quantitative estimate of drug-likeness (QED) is 0.842. The first-order valence-electron chi connectivity index (χ1n) is 3.78. The number of carbonyl (C=O) groups is 1. The molecular formula is C8H10ClNO2S. The third-order valence-electron chi connectivity index (χ3n) is 1.59. The van der Waals surface area contributed by atoms with E-state index in [4.69, 9.17) is 16.7 Å².